The van der Waals surface area contributed by atoms with Crippen molar-refractivity contribution in [2.45, 2.75) is 51.3 Å². The minimum atomic E-state index is 0. The van der Waals surface area contributed by atoms with Crippen molar-refractivity contribution in [1.82, 2.24) is 19.3 Å². The first kappa shape index (κ1) is 32.8. The van der Waals surface area contributed by atoms with Gasteiger partial charge in [0.25, 0.3) is 0 Å². The first-order valence-electron chi connectivity index (χ1n) is 15.9. The molecule has 3 aromatic heterocycles. The zero-order valence-corrected chi connectivity index (χ0v) is 30.1. The van der Waals surface area contributed by atoms with Crippen molar-refractivity contribution in [2.24, 2.45) is 0 Å². The Morgan fingerprint density at radius 1 is 0.830 bits per heavy atom. The average Bonchev–Trinajstić information content (AvgIpc) is 3.68. The van der Waals surface area contributed by atoms with E-state index in [0.29, 0.717) is 11.5 Å². The predicted molar refractivity (Wildman–Crippen MR) is 190 cm³/mol. The number of hydrogen-bond donors (Lipinski definition) is 0. The number of rotatable bonds is 10. The summed E-state index contributed by atoms with van der Waals surface area (Å²) in [5, 5.41) is 7.02. The van der Waals surface area contributed by atoms with Crippen molar-refractivity contribution in [3.8, 4) is 34.1 Å². The van der Waals surface area contributed by atoms with Gasteiger partial charge >= 0.3 is 21.1 Å². The number of hydrogen-bond acceptors (Lipinski definition) is 4. The number of nitrogens with zero attached hydrogens (tertiary/aromatic N) is 4. The van der Waals surface area contributed by atoms with Gasteiger partial charge in [0.2, 0.25) is 0 Å². The maximum absolute atomic E-state index is 6.40. The third-order valence-corrected chi connectivity index (χ3v) is 9.04. The summed E-state index contributed by atoms with van der Waals surface area (Å²) in [5.74, 6) is 2.07. The topological polar surface area (TPSA) is 44.9 Å². The Labute approximate surface area is 295 Å². The molecule has 0 bridgehead atoms. The molecule has 0 saturated heterocycles. The smallest absolute Gasteiger partial charge is 0.509 e. The van der Waals surface area contributed by atoms with Crippen LogP contribution in [0.5, 0.6) is 11.5 Å². The van der Waals surface area contributed by atoms with Crippen molar-refractivity contribution in [2.75, 3.05) is 6.26 Å². The number of para-hydroxylation sites is 1. The van der Waals surface area contributed by atoms with Crippen LogP contribution in [-0.2, 0) is 33.9 Å². The molecular formula is C40H36N4OPtS. The van der Waals surface area contributed by atoms with Gasteiger partial charge in [0.1, 0.15) is 5.82 Å². The van der Waals surface area contributed by atoms with Gasteiger partial charge < -0.3 is 9.30 Å². The van der Waals surface area contributed by atoms with Crippen molar-refractivity contribution >= 4 is 33.6 Å². The Morgan fingerprint density at radius 3 is 2.36 bits per heavy atom. The SMILES string of the molecule is CCCc1cc(C)cc(CCC)c1-c1cnn(-c2[c-]c(Oc3[c-]c4c(cc3)c3ccccc3n4-c3cc(SC)ccn3)ccc2)c1.[Pt+2]. The molecule has 0 spiro atoms. The summed E-state index contributed by atoms with van der Waals surface area (Å²) < 4.78 is 10.4. The van der Waals surface area contributed by atoms with Gasteiger partial charge in [-0.05, 0) is 72.0 Å². The number of thioether (sulfide) groups is 1. The summed E-state index contributed by atoms with van der Waals surface area (Å²) >= 11 is 1.70. The van der Waals surface area contributed by atoms with Crippen LogP contribution in [-0.4, -0.2) is 25.6 Å². The van der Waals surface area contributed by atoms with E-state index in [0.717, 1.165) is 69.5 Å². The Hall–Kier alpha value is -4.12. The Kier molecular flexibility index (Phi) is 10.0. The molecule has 238 valence electrons. The molecule has 0 saturated carbocycles. The molecule has 0 radical (unpaired) electrons. The van der Waals surface area contributed by atoms with Crippen LogP contribution in [0.1, 0.15) is 43.4 Å². The average molecular weight is 816 g/mol. The number of benzene rings is 4. The zero-order valence-electron chi connectivity index (χ0n) is 27.0. The third kappa shape index (κ3) is 6.54. The molecule has 0 unspecified atom stereocenters. The van der Waals surface area contributed by atoms with E-state index in [9.17, 15) is 0 Å². The minimum absolute atomic E-state index is 0. The van der Waals surface area contributed by atoms with Crippen LogP contribution in [0.15, 0.2) is 102 Å². The summed E-state index contributed by atoms with van der Waals surface area (Å²) in [6.45, 7) is 6.68. The maximum atomic E-state index is 6.40. The van der Waals surface area contributed by atoms with E-state index in [-0.39, 0.29) is 21.1 Å². The number of aromatic nitrogens is 4. The van der Waals surface area contributed by atoms with Crippen LogP contribution in [0.2, 0.25) is 0 Å². The van der Waals surface area contributed by atoms with Crippen molar-refractivity contribution in [1.29, 1.82) is 0 Å². The summed E-state index contributed by atoms with van der Waals surface area (Å²) in [4.78, 5) is 5.88. The quantitative estimate of drug-likeness (QED) is 0.102. The number of fused-ring (bicyclic) bond motifs is 3. The molecule has 3 heterocycles. The van der Waals surface area contributed by atoms with Crippen LogP contribution >= 0.6 is 11.8 Å². The van der Waals surface area contributed by atoms with E-state index < -0.39 is 0 Å². The fraction of sp³-hybridized carbons (Fsp3) is 0.200. The van der Waals surface area contributed by atoms with Crippen LogP contribution in [0, 0.1) is 19.1 Å². The zero-order chi connectivity index (χ0) is 31.6. The van der Waals surface area contributed by atoms with Gasteiger partial charge in [-0.2, -0.15) is 17.2 Å². The third-order valence-electron chi connectivity index (χ3n) is 8.31. The molecule has 0 amide bonds. The summed E-state index contributed by atoms with van der Waals surface area (Å²) in [5.41, 5.74) is 9.38. The molecular weight excluding hydrogens is 780 g/mol. The minimum Gasteiger partial charge on any atom is -0.509 e. The second-order valence-corrected chi connectivity index (χ2v) is 12.5. The van der Waals surface area contributed by atoms with Gasteiger partial charge in [-0.3, -0.25) is 4.68 Å². The summed E-state index contributed by atoms with van der Waals surface area (Å²) in [6, 6.07) is 34.2. The van der Waals surface area contributed by atoms with Gasteiger partial charge in [-0.25, -0.2) is 4.98 Å². The molecule has 4 aromatic carbocycles. The molecule has 7 heteroatoms. The van der Waals surface area contributed by atoms with Crippen molar-refractivity contribution in [3.05, 3.63) is 126 Å². The molecule has 7 aromatic rings. The second kappa shape index (κ2) is 14.3. The van der Waals surface area contributed by atoms with E-state index in [1.165, 1.54) is 22.3 Å². The van der Waals surface area contributed by atoms with Gasteiger partial charge in [0, 0.05) is 39.9 Å². The standard InChI is InChI=1S/C40H36N4OS.Pt/c1-5-10-28-20-27(3)21-29(11-6-2)40(28)30-25-42-43(26-30)31-12-9-13-32(22-31)45-33-16-17-36-35-14-7-8-15-37(35)44(38(36)23-33)39-24-34(46-4)18-19-41-39;/h7-9,12-21,24-26H,5-6,10-11H2,1-4H3;/q-2;+2. The fourth-order valence-electron chi connectivity index (χ4n) is 6.40. The van der Waals surface area contributed by atoms with Gasteiger partial charge in [0.15, 0.2) is 0 Å². The number of ether oxygens (including phenoxy) is 1. The first-order valence-corrected chi connectivity index (χ1v) is 17.1. The number of pyridine rings is 1. The molecule has 47 heavy (non-hydrogen) atoms. The normalized spacial score (nSPS) is 11.2. The molecule has 7 rings (SSSR count). The first-order chi connectivity index (χ1) is 22.6. The fourth-order valence-corrected chi connectivity index (χ4v) is 6.82. The van der Waals surface area contributed by atoms with E-state index in [1.807, 2.05) is 47.4 Å². The Balaban J connectivity index is 0.00000386. The maximum Gasteiger partial charge on any atom is 2.00 e. The van der Waals surface area contributed by atoms with E-state index >= 15 is 0 Å². The summed E-state index contributed by atoms with van der Waals surface area (Å²) in [7, 11) is 0. The predicted octanol–water partition coefficient (Wildman–Crippen LogP) is 10.4. The molecule has 0 aliphatic carbocycles. The number of aryl methyl sites for hydroxylation is 3. The summed E-state index contributed by atoms with van der Waals surface area (Å²) in [6.07, 6.45) is 12.3. The van der Waals surface area contributed by atoms with Crippen LogP contribution in [0.3, 0.4) is 0 Å². The van der Waals surface area contributed by atoms with Crippen LogP contribution < -0.4 is 4.74 Å². The largest absolute Gasteiger partial charge is 2.00 e. The van der Waals surface area contributed by atoms with E-state index in [2.05, 4.69) is 98.5 Å². The Morgan fingerprint density at radius 2 is 1.60 bits per heavy atom. The molecule has 0 aliphatic heterocycles. The van der Waals surface area contributed by atoms with E-state index in [4.69, 9.17) is 14.8 Å². The van der Waals surface area contributed by atoms with Crippen molar-refractivity contribution in [3.63, 3.8) is 0 Å². The molecule has 0 fully saturated rings. The monoisotopic (exact) mass is 815 g/mol. The molecule has 0 aliphatic rings. The van der Waals surface area contributed by atoms with Gasteiger partial charge in [0.05, 0.1) is 6.20 Å². The van der Waals surface area contributed by atoms with Gasteiger partial charge in [-0.1, -0.05) is 68.1 Å². The van der Waals surface area contributed by atoms with Crippen molar-refractivity contribution < 1.29 is 25.8 Å². The van der Waals surface area contributed by atoms with Crippen LogP contribution in [0.4, 0.5) is 0 Å². The van der Waals surface area contributed by atoms with E-state index in [1.54, 1.807) is 11.8 Å². The second-order valence-electron chi connectivity index (χ2n) is 11.6. The Bertz CT molecular complexity index is 2160. The van der Waals surface area contributed by atoms with Gasteiger partial charge in [-0.15, -0.1) is 47.5 Å². The molecule has 5 nitrogen and oxygen atoms in total. The molecule has 0 atom stereocenters. The van der Waals surface area contributed by atoms with Crippen LogP contribution in [0.25, 0.3) is 44.4 Å². The molecule has 0 N–H and O–H groups in total.